The number of aliphatic hydroxyl groups is 1. The SMILES string of the molecule is COc1cccc(-c2ccccc2N2CC(O)CC2=O)c1. The molecule has 2 aromatic rings. The van der Waals surface area contributed by atoms with Crippen molar-refractivity contribution in [3.05, 3.63) is 48.5 Å². The Labute approximate surface area is 123 Å². The Bertz CT molecular complexity index is 669. The number of nitrogens with zero attached hydrogens (tertiary/aromatic N) is 1. The van der Waals surface area contributed by atoms with Crippen LogP contribution in [0.2, 0.25) is 0 Å². The van der Waals surface area contributed by atoms with Gasteiger partial charge in [0.15, 0.2) is 0 Å². The second-order valence-corrected chi connectivity index (χ2v) is 5.11. The smallest absolute Gasteiger partial charge is 0.229 e. The summed E-state index contributed by atoms with van der Waals surface area (Å²) in [5.41, 5.74) is 2.77. The molecule has 1 N–H and O–H groups in total. The van der Waals surface area contributed by atoms with Crippen molar-refractivity contribution in [1.82, 2.24) is 0 Å². The molecule has 1 saturated heterocycles. The van der Waals surface area contributed by atoms with E-state index in [0.717, 1.165) is 22.6 Å². The van der Waals surface area contributed by atoms with Gasteiger partial charge in [0.25, 0.3) is 0 Å². The average Bonchev–Trinajstić information content (AvgIpc) is 2.86. The van der Waals surface area contributed by atoms with Crippen LogP contribution in [0, 0.1) is 0 Å². The minimum absolute atomic E-state index is 0.0437. The highest BCUT2D eigenvalue weighted by Gasteiger charge is 2.30. The maximum atomic E-state index is 12.0. The Balaban J connectivity index is 2.05. The highest BCUT2D eigenvalue weighted by molar-refractivity contribution is 6.00. The van der Waals surface area contributed by atoms with E-state index in [1.54, 1.807) is 12.0 Å². The van der Waals surface area contributed by atoms with Gasteiger partial charge in [-0.2, -0.15) is 0 Å². The van der Waals surface area contributed by atoms with Crippen molar-refractivity contribution in [2.75, 3.05) is 18.6 Å². The fraction of sp³-hybridized carbons (Fsp3) is 0.235. The lowest BCUT2D eigenvalue weighted by atomic mass is 10.0. The van der Waals surface area contributed by atoms with Gasteiger partial charge in [0.05, 0.1) is 31.9 Å². The molecule has 0 saturated carbocycles. The van der Waals surface area contributed by atoms with Gasteiger partial charge in [-0.25, -0.2) is 0 Å². The Morgan fingerprint density at radius 1 is 1.19 bits per heavy atom. The summed E-state index contributed by atoms with van der Waals surface area (Å²) in [6.07, 6.45) is -0.400. The minimum Gasteiger partial charge on any atom is -0.497 e. The number of anilines is 1. The number of methoxy groups -OCH3 is 1. The first-order valence-electron chi connectivity index (χ1n) is 6.91. The molecule has 1 unspecified atom stereocenters. The van der Waals surface area contributed by atoms with Crippen LogP contribution in [0.4, 0.5) is 5.69 Å². The number of aliphatic hydroxyl groups excluding tert-OH is 1. The summed E-state index contributed by atoms with van der Waals surface area (Å²) in [6.45, 7) is 0.347. The Morgan fingerprint density at radius 2 is 2.00 bits per heavy atom. The number of carbonyl (C=O) groups is 1. The van der Waals surface area contributed by atoms with E-state index in [0.29, 0.717) is 6.54 Å². The van der Waals surface area contributed by atoms with Crippen LogP contribution in [-0.4, -0.2) is 30.8 Å². The summed E-state index contributed by atoms with van der Waals surface area (Å²) < 4.78 is 5.26. The first kappa shape index (κ1) is 13.6. The molecule has 4 nitrogen and oxygen atoms in total. The quantitative estimate of drug-likeness (QED) is 0.941. The molecule has 1 fully saturated rings. The molecule has 1 aliphatic heterocycles. The van der Waals surface area contributed by atoms with Crippen molar-refractivity contribution in [2.45, 2.75) is 12.5 Å². The third kappa shape index (κ3) is 2.62. The third-order valence-electron chi connectivity index (χ3n) is 3.68. The maximum Gasteiger partial charge on any atom is 0.229 e. The topological polar surface area (TPSA) is 49.8 Å². The Hall–Kier alpha value is -2.33. The van der Waals surface area contributed by atoms with Crippen molar-refractivity contribution in [3.63, 3.8) is 0 Å². The average molecular weight is 283 g/mol. The van der Waals surface area contributed by atoms with Gasteiger partial charge < -0.3 is 14.7 Å². The summed E-state index contributed by atoms with van der Waals surface area (Å²) >= 11 is 0. The molecule has 1 heterocycles. The number of para-hydroxylation sites is 1. The van der Waals surface area contributed by atoms with E-state index < -0.39 is 6.10 Å². The monoisotopic (exact) mass is 283 g/mol. The molecule has 1 aliphatic rings. The second kappa shape index (κ2) is 5.58. The van der Waals surface area contributed by atoms with Crippen LogP contribution < -0.4 is 9.64 Å². The molecule has 108 valence electrons. The van der Waals surface area contributed by atoms with E-state index in [1.807, 2.05) is 48.5 Å². The van der Waals surface area contributed by atoms with Crippen LogP contribution in [0.1, 0.15) is 6.42 Å². The van der Waals surface area contributed by atoms with Crippen LogP contribution in [0.3, 0.4) is 0 Å². The summed E-state index contributed by atoms with van der Waals surface area (Å²) in [5, 5.41) is 9.69. The van der Waals surface area contributed by atoms with Gasteiger partial charge in [-0.15, -0.1) is 0 Å². The molecule has 21 heavy (non-hydrogen) atoms. The minimum atomic E-state index is -0.587. The molecule has 4 heteroatoms. The van der Waals surface area contributed by atoms with E-state index >= 15 is 0 Å². The molecule has 0 radical (unpaired) electrons. The van der Waals surface area contributed by atoms with Crippen molar-refractivity contribution in [1.29, 1.82) is 0 Å². The number of carbonyl (C=O) groups excluding carboxylic acids is 1. The van der Waals surface area contributed by atoms with Gasteiger partial charge in [0, 0.05) is 5.56 Å². The number of rotatable bonds is 3. The first-order valence-corrected chi connectivity index (χ1v) is 6.91. The van der Waals surface area contributed by atoms with Crippen LogP contribution in [0.25, 0.3) is 11.1 Å². The number of ether oxygens (including phenoxy) is 1. The normalized spacial score (nSPS) is 18.1. The highest BCUT2D eigenvalue weighted by atomic mass is 16.5. The summed E-state index contributed by atoms with van der Waals surface area (Å²) in [4.78, 5) is 13.7. The summed E-state index contributed by atoms with van der Waals surface area (Å²) in [6, 6.07) is 15.5. The van der Waals surface area contributed by atoms with Crippen molar-refractivity contribution in [3.8, 4) is 16.9 Å². The first-order chi connectivity index (χ1) is 10.2. The van der Waals surface area contributed by atoms with Crippen molar-refractivity contribution in [2.24, 2.45) is 0 Å². The molecule has 0 bridgehead atoms. The number of benzene rings is 2. The Kier molecular flexibility index (Phi) is 3.62. The lowest BCUT2D eigenvalue weighted by Crippen LogP contribution is -2.25. The zero-order valence-corrected chi connectivity index (χ0v) is 11.8. The molecular weight excluding hydrogens is 266 g/mol. The van der Waals surface area contributed by atoms with Crippen LogP contribution in [0.15, 0.2) is 48.5 Å². The zero-order chi connectivity index (χ0) is 14.8. The van der Waals surface area contributed by atoms with Gasteiger partial charge in [0.1, 0.15) is 5.75 Å². The number of hydrogen-bond acceptors (Lipinski definition) is 3. The van der Waals surface area contributed by atoms with E-state index in [2.05, 4.69) is 0 Å². The van der Waals surface area contributed by atoms with E-state index in [9.17, 15) is 9.90 Å². The molecule has 2 aromatic carbocycles. The zero-order valence-electron chi connectivity index (χ0n) is 11.8. The van der Waals surface area contributed by atoms with Gasteiger partial charge in [-0.1, -0.05) is 30.3 Å². The summed E-state index contributed by atoms with van der Waals surface area (Å²) in [7, 11) is 1.63. The largest absolute Gasteiger partial charge is 0.497 e. The van der Waals surface area contributed by atoms with Gasteiger partial charge in [-0.3, -0.25) is 4.79 Å². The highest BCUT2D eigenvalue weighted by Crippen LogP contribution is 2.34. The van der Waals surface area contributed by atoms with E-state index in [4.69, 9.17) is 4.74 Å². The predicted octanol–water partition coefficient (Wildman–Crippen LogP) is 2.46. The van der Waals surface area contributed by atoms with E-state index in [1.165, 1.54) is 0 Å². The molecule has 1 atom stereocenters. The maximum absolute atomic E-state index is 12.0. The Morgan fingerprint density at radius 3 is 2.71 bits per heavy atom. The molecule has 0 aliphatic carbocycles. The molecule has 0 aromatic heterocycles. The van der Waals surface area contributed by atoms with Crippen molar-refractivity contribution >= 4 is 11.6 Å². The van der Waals surface area contributed by atoms with E-state index in [-0.39, 0.29) is 12.3 Å². The molecule has 3 rings (SSSR count). The standard InChI is InChI=1S/C17H17NO3/c1-21-14-6-4-5-12(9-14)15-7-2-3-8-16(15)18-11-13(19)10-17(18)20/h2-9,13,19H,10-11H2,1H3. The fourth-order valence-corrected chi connectivity index (χ4v) is 2.67. The molecule has 0 spiro atoms. The molecular formula is C17H17NO3. The van der Waals surface area contributed by atoms with Crippen LogP contribution in [-0.2, 0) is 4.79 Å². The van der Waals surface area contributed by atoms with Crippen molar-refractivity contribution < 1.29 is 14.6 Å². The predicted molar refractivity (Wildman–Crippen MR) is 81.4 cm³/mol. The fourth-order valence-electron chi connectivity index (χ4n) is 2.67. The van der Waals surface area contributed by atoms with Crippen LogP contribution >= 0.6 is 0 Å². The van der Waals surface area contributed by atoms with Gasteiger partial charge >= 0.3 is 0 Å². The van der Waals surface area contributed by atoms with Crippen LogP contribution in [0.5, 0.6) is 5.75 Å². The second-order valence-electron chi connectivity index (χ2n) is 5.11. The summed E-state index contributed by atoms with van der Waals surface area (Å²) in [5.74, 6) is 0.730. The molecule has 1 amide bonds. The van der Waals surface area contributed by atoms with Gasteiger partial charge in [0.2, 0.25) is 5.91 Å². The number of amides is 1. The van der Waals surface area contributed by atoms with Gasteiger partial charge in [-0.05, 0) is 23.8 Å². The number of hydrogen-bond donors (Lipinski definition) is 1. The number of β-amino-alcohol motifs (C(OH)–C–C–N with tert-alkyl or cyclic N) is 1. The lowest BCUT2D eigenvalue weighted by Gasteiger charge is -2.20. The lowest BCUT2D eigenvalue weighted by molar-refractivity contribution is -0.117. The third-order valence-corrected chi connectivity index (χ3v) is 3.68.